The maximum atomic E-state index is 12.1. The average Bonchev–Trinajstić information content (AvgIpc) is 3.16. The second-order valence-electron chi connectivity index (χ2n) is 4.93. The summed E-state index contributed by atoms with van der Waals surface area (Å²) in [4.78, 5) is 12.1. The molecule has 0 unspecified atom stereocenters. The lowest BCUT2D eigenvalue weighted by molar-refractivity contribution is 0.0921. The lowest BCUT2D eigenvalue weighted by Gasteiger charge is -2.03. The van der Waals surface area contributed by atoms with Crippen LogP contribution in [-0.4, -0.2) is 15.7 Å². The summed E-state index contributed by atoms with van der Waals surface area (Å²) >= 11 is 9.16. The van der Waals surface area contributed by atoms with Crippen LogP contribution in [0.25, 0.3) is 0 Å². The SMILES string of the molecule is O=C(NCc1ccc(Cl)cc1)c1ccc(Cn2cc(Br)cn2)o1. The second-order valence-corrected chi connectivity index (χ2v) is 6.28. The van der Waals surface area contributed by atoms with Crippen LogP contribution in [0, 0.1) is 0 Å². The summed E-state index contributed by atoms with van der Waals surface area (Å²) in [5, 5.41) is 7.62. The average molecular weight is 395 g/mol. The summed E-state index contributed by atoms with van der Waals surface area (Å²) in [6, 6.07) is 10.7. The predicted molar refractivity (Wildman–Crippen MR) is 90.4 cm³/mol. The maximum Gasteiger partial charge on any atom is 0.287 e. The van der Waals surface area contributed by atoms with Gasteiger partial charge in [0.1, 0.15) is 5.76 Å². The van der Waals surface area contributed by atoms with Crippen LogP contribution in [-0.2, 0) is 13.1 Å². The van der Waals surface area contributed by atoms with Gasteiger partial charge in [-0.2, -0.15) is 5.10 Å². The molecule has 0 saturated heterocycles. The highest BCUT2D eigenvalue weighted by Crippen LogP contribution is 2.13. The molecular weight excluding hydrogens is 382 g/mol. The van der Waals surface area contributed by atoms with Crippen molar-refractivity contribution in [3.63, 3.8) is 0 Å². The molecule has 0 fully saturated rings. The minimum Gasteiger partial charge on any atom is -0.454 e. The van der Waals surface area contributed by atoms with Crippen molar-refractivity contribution in [1.29, 1.82) is 0 Å². The number of benzene rings is 1. The van der Waals surface area contributed by atoms with Gasteiger partial charge in [-0.1, -0.05) is 23.7 Å². The normalized spacial score (nSPS) is 10.7. The fourth-order valence-corrected chi connectivity index (χ4v) is 2.50. The standard InChI is InChI=1S/C16H13BrClN3O2/c17-12-8-20-21(9-12)10-14-5-6-15(23-14)16(22)19-7-11-1-3-13(18)4-2-11/h1-6,8-9H,7,10H2,(H,19,22). The molecule has 3 aromatic rings. The van der Waals surface area contributed by atoms with Crippen LogP contribution in [0.5, 0.6) is 0 Å². The molecule has 0 saturated carbocycles. The lowest BCUT2D eigenvalue weighted by atomic mass is 10.2. The van der Waals surface area contributed by atoms with E-state index >= 15 is 0 Å². The molecule has 0 spiro atoms. The number of nitrogens with one attached hydrogen (secondary N) is 1. The number of carbonyl (C=O) groups excluding carboxylic acids is 1. The van der Waals surface area contributed by atoms with E-state index in [4.69, 9.17) is 16.0 Å². The molecular formula is C16H13BrClN3O2. The van der Waals surface area contributed by atoms with Crippen LogP contribution >= 0.6 is 27.5 Å². The summed E-state index contributed by atoms with van der Waals surface area (Å²) in [6.07, 6.45) is 3.53. The first-order valence-corrected chi connectivity index (χ1v) is 8.06. The predicted octanol–water partition coefficient (Wildman–Crippen LogP) is 3.87. The monoisotopic (exact) mass is 393 g/mol. The molecule has 0 aliphatic carbocycles. The van der Waals surface area contributed by atoms with Crippen LogP contribution in [0.15, 0.2) is 57.7 Å². The van der Waals surface area contributed by atoms with Crippen molar-refractivity contribution < 1.29 is 9.21 Å². The first kappa shape index (κ1) is 15.8. The van der Waals surface area contributed by atoms with Crippen LogP contribution < -0.4 is 5.32 Å². The fourth-order valence-electron chi connectivity index (χ4n) is 2.04. The van der Waals surface area contributed by atoms with Gasteiger partial charge in [-0.25, -0.2) is 0 Å². The van der Waals surface area contributed by atoms with Crippen molar-refractivity contribution in [2.45, 2.75) is 13.1 Å². The number of hydrogen-bond donors (Lipinski definition) is 1. The van der Waals surface area contributed by atoms with Gasteiger partial charge in [0.25, 0.3) is 5.91 Å². The Morgan fingerprint density at radius 2 is 2.04 bits per heavy atom. The largest absolute Gasteiger partial charge is 0.454 e. The molecule has 1 N–H and O–H groups in total. The zero-order valence-corrected chi connectivity index (χ0v) is 14.3. The highest BCUT2D eigenvalue weighted by Gasteiger charge is 2.11. The van der Waals surface area contributed by atoms with E-state index in [0.29, 0.717) is 23.9 Å². The number of amides is 1. The maximum absolute atomic E-state index is 12.1. The van der Waals surface area contributed by atoms with Crippen LogP contribution in [0.3, 0.4) is 0 Å². The third-order valence-corrected chi connectivity index (χ3v) is 3.83. The Hall–Kier alpha value is -2.05. The number of furan rings is 1. The summed E-state index contributed by atoms with van der Waals surface area (Å²) < 4.78 is 8.17. The minimum absolute atomic E-state index is 0.257. The molecule has 0 aliphatic heterocycles. The smallest absolute Gasteiger partial charge is 0.287 e. The van der Waals surface area contributed by atoms with Gasteiger partial charge in [0, 0.05) is 17.8 Å². The zero-order valence-electron chi connectivity index (χ0n) is 12.0. The number of carbonyl (C=O) groups is 1. The van der Waals surface area contributed by atoms with Gasteiger partial charge in [0.05, 0.1) is 17.2 Å². The molecule has 23 heavy (non-hydrogen) atoms. The molecule has 2 heterocycles. The fraction of sp³-hybridized carbons (Fsp3) is 0.125. The summed E-state index contributed by atoms with van der Waals surface area (Å²) in [7, 11) is 0. The van der Waals surface area contributed by atoms with E-state index in [2.05, 4.69) is 26.3 Å². The number of nitrogens with zero attached hydrogens (tertiary/aromatic N) is 2. The van der Waals surface area contributed by atoms with Gasteiger partial charge in [0.15, 0.2) is 5.76 Å². The zero-order chi connectivity index (χ0) is 16.2. The van der Waals surface area contributed by atoms with Crippen molar-refractivity contribution in [3.05, 3.63) is 75.4 Å². The molecule has 0 radical (unpaired) electrons. The Kier molecular flexibility index (Phi) is 4.83. The van der Waals surface area contributed by atoms with E-state index in [1.807, 2.05) is 18.3 Å². The van der Waals surface area contributed by atoms with Crippen LogP contribution in [0.4, 0.5) is 0 Å². The van der Waals surface area contributed by atoms with Crippen LogP contribution in [0.1, 0.15) is 21.9 Å². The van der Waals surface area contributed by atoms with Crippen molar-refractivity contribution in [1.82, 2.24) is 15.1 Å². The van der Waals surface area contributed by atoms with Crippen molar-refractivity contribution in [2.24, 2.45) is 0 Å². The van der Waals surface area contributed by atoms with E-state index in [0.717, 1.165) is 10.0 Å². The topological polar surface area (TPSA) is 60.1 Å². The molecule has 1 amide bonds. The van der Waals surface area contributed by atoms with Gasteiger partial charge in [-0.15, -0.1) is 0 Å². The third-order valence-electron chi connectivity index (χ3n) is 3.17. The number of rotatable bonds is 5. The number of halogens is 2. The highest BCUT2D eigenvalue weighted by atomic mass is 79.9. The molecule has 7 heteroatoms. The molecule has 118 valence electrons. The Morgan fingerprint density at radius 3 is 2.74 bits per heavy atom. The van der Waals surface area contributed by atoms with Gasteiger partial charge in [-0.05, 0) is 45.8 Å². The molecule has 0 aliphatic rings. The molecule has 3 rings (SSSR count). The Balaban J connectivity index is 1.58. The number of aromatic nitrogens is 2. The lowest BCUT2D eigenvalue weighted by Crippen LogP contribution is -2.22. The first-order chi connectivity index (χ1) is 11.1. The summed E-state index contributed by atoms with van der Waals surface area (Å²) in [6.45, 7) is 0.883. The molecule has 5 nitrogen and oxygen atoms in total. The van der Waals surface area contributed by atoms with Crippen LogP contribution in [0.2, 0.25) is 5.02 Å². The first-order valence-electron chi connectivity index (χ1n) is 6.89. The molecule has 0 atom stereocenters. The Morgan fingerprint density at radius 1 is 1.26 bits per heavy atom. The van der Waals surface area contributed by atoms with Crippen molar-refractivity contribution >= 4 is 33.4 Å². The van der Waals surface area contributed by atoms with E-state index in [1.165, 1.54) is 0 Å². The van der Waals surface area contributed by atoms with Crippen molar-refractivity contribution in [2.75, 3.05) is 0 Å². The van der Waals surface area contributed by atoms with Crippen molar-refractivity contribution in [3.8, 4) is 0 Å². The Bertz CT molecular complexity index is 811. The van der Waals surface area contributed by atoms with E-state index < -0.39 is 0 Å². The summed E-state index contributed by atoms with van der Waals surface area (Å²) in [5.74, 6) is 0.685. The van der Waals surface area contributed by atoms with Gasteiger partial charge < -0.3 is 9.73 Å². The van der Waals surface area contributed by atoms with E-state index in [9.17, 15) is 4.79 Å². The van der Waals surface area contributed by atoms with E-state index in [1.54, 1.807) is 35.1 Å². The second kappa shape index (κ2) is 7.02. The molecule has 1 aromatic carbocycles. The van der Waals surface area contributed by atoms with E-state index in [-0.39, 0.29) is 11.7 Å². The highest BCUT2D eigenvalue weighted by molar-refractivity contribution is 9.10. The third kappa shape index (κ3) is 4.24. The minimum atomic E-state index is -0.257. The molecule has 2 aromatic heterocycles. The number of hydrogen-bond acceptors (Lipinski definition) is 3. The van der Waals surface area contributed by atoms with Gasteiger partial charge in [-0.3, -0.25) is 9.48 Å². The summed E-state index contributed by atoms with van der Waals surface area (Å²) in [5.41, 5.74) is 0.968. The van der Waals surface area contributed by atoms with Gasteiger partial charge in [0.2, 0.25) is 0 Å². The quantitative estimate of drug-likeness (QED) is 0.714. The van der Waals surface area contributed by atoms with Gasteiger partial charge >= 0.3 is 0 Å². The molecule has 0 bridgehead atoms. The Labute approximate surface area is 146 Å².